The zero-order valence-electron chi connectivity index (χ0n) is 27.0. The third kappa shape index (κ3) is 4.63. The quantitative estimate of drug-likeness (QED) is 0.203. The van der Waals surface area contributed by atoms with Crippen LogP contribution in [0.4, 0.5) is 0 Å². The Labute approximate surface area is 288 Å². The Morgan fingerprint density at radius 2 is 1.08 bits per heavy atom. The molecule has 0 bridgehead atoms. The van der Waals surface area contributed by atoms with Gasteiger partial charge in [0.25, 0.3) is 0 Å². The predicted molar refractivity (Wildman–Crippen MR) is 205 cm³/mol. The van der Waals surface area contributed by atoms with Crippen LogP contribution in [0.25, 0.3) is 60.6 Å². The van der Waals surface area contributed by atoms with Crippen LogP contribution < -0.4 is 5.32 Å². The molecule has 0 fully saturated rings. The molecule has 1 aliphatic heterocycles. The summed E-state index contributed by atoms with van der Waals surface area (Å²) in [5.41, 5.74) is 10.3. The zero-order chi connectivity index (χ0) is 33.0. The first kappa shape index (κ1) is 28.3. The minimum Gasteiger partial charge on any atom is -0.456 e. The van der Waals surface area contributed by atoms with E-state index in [0.29, 0.717) is 5.84 Å². The topological polar surface area (TPSA) is 54.8 Å². The Morgan fingerprint density at radius 1 is 0.480 bits per heavy atom. The van der Waals surface area contributed by atoms with Crippen molar-refractivity contribution >= 4 is 55.4 Å². The van der Waals surface area contributed by atoms with Gasteiger partial charge in [-0.25, -0.2) is 9.98 Å². The molecule has 50 heavy (non-hydrogen) atoms. The molecule has 0 radical (unpaired) electrons. The van der Waals surface area contributed by atoms with Crippen molar-refractivity contribution in [2.24, 2.45) is 9.98 Å². The first-order valence-electron chi connectivity index (χ1n) is 16.9. The van der Waals surface area contributed by atoms with Gasteiger partial charge in [0, 0.05) is 38.2 Å². The molecule has 5 nitrogen and oxygen atoms in total. The largest absolute Gasteiger partial charge is 0.456 e. The maximum atomic E-state index is 6.30. The Hall–Kier alpha value is -6.72. The summed E-state index contributed by atoms with van der Waals surface area (Å²) in [7, 11) is 0. The minimum absolute atomic E-state index is 0.427. The average molecular weight is 643 g/mol. The van der Waals surface area contributed by atoms with Crippen LogP contribution in [0.3, 0.4) is 0 Å². The Balaban J connectivity index is 1.19. The fourth-order valence-electron chi connectivity index (χ4n) is 7.31. The van der Waals surface area contributed by atoms with Crippen molar-refractivity contribution in [1.82, 2.24) is 9.88 Å². The molecule has 0 saturated heterocycles. The fraction of sp³-hybridized carbons (Fsp3) is 0.0222. The highest BCUT2D eigenvalue weighted by Gasteiger charge is 2.26. The van der Waals surface area contributed by atoms with E-state index in [2.05, 4.69) is 143 Å². The van der Waals surface area contributed by atoms with Crippen molar-refractivity contribution in [3.8, 4) is 16.8 Å². The summed E-state index contributed by atoms with van der Waals surface area (Å²) in [5.74, 6) is 1.42. The standard InChI is InChI=1S/C45H30N4O/c1-3-13-29(14-4-1)31-23-26-37(40(27-31)49-38-20-10-7-17-33(38)34-18-8-11-21-39(34)49)45-47-43(30-15-5-2-6-16-30)46-44(48-45)32-24-25-36-35-19-9-12-22-41(35)50-42(36)28-32/h1-28,45H,(H,46,47,48). The van der Waals surface area contributed by atoms with E-state index in [1.165, 1.54) is 10.8 Å². The third-order valence-corrected chi connectivity index (χ3v) is 9.68. The Kier molecular flexibility index (Phi) is 6.49. The van der Waals surface area contributed by atoms with Crippen molar-refractivity contribution in [1.29, 1.82) is 0 Å². The Morgan fingerprint density at radius 3 is 1.82 bits per heavy atom. The number of hydrogen-bond acceptors (Lipinski definition) is 4. The van der Waals surface area contributed by atoms with E-state index in [1.807, 2.05) is 36.4 Å². The highest BCUT2D eigenvalue weighted by molar-refractivity contribution is 6.15. The minimum atomic E-state index is -0.427. The molecule has 236 valence electrons. The van der Waals surface area contributed by atoms with Gasteiger partial charge < -0.3 is 14.3 Å². The van der Waals surface area contributed by atoms with Crippen LogP contribution in [0, 0.1) is 0 Å². The van der Waals surface area contributed by atoms with Gasteiger partial charge in [-0.1, -0.05) is 133 Å². The van der Waals surface area contributed by atoms with Crippen LogP contribution in [-0.2, 0) is 0 Å². The molecular weight excluding hydrogens is 613 g/mol. The van der Waals surface area contributed by atoms with Gasteiger partial charge in [0.05, 0.1) is 16.7 Å². The molecule has 1 unspecified atom stereocenters. The molecule has 3 heterocycles. The molecule has 2 aromatic heterocycles. The molecule has 0 aliphatic carbocycles. The number of hydrogen-bond donors (Lipinski definition) is 1. The molecule has 0 spiro atoms. The van der Waals surface area contributed by atoms with Crippen molar-refractivity contribution in [3.05, 3.63) is 187 Å². The number of rotatable bonds is 5. The van der Waals surface area contributed by atoms with E-state index in [1.54, 1.807) is 0 Å². The van der Waals surface area contributed by atoms with Crippen LogP contribution in [0.15, 0.2) is 184 Å². The normalized spacial score (nSPS) is 14.6. The average Bonchev–Trinajstić information content (AvgIpc) is 3.73. The number of aliphatic imine (C=N–C) groups is 2. The monoisotopic (exact) mass is 642 g/mol. The number of furan rings is 1. The zero-order valence-corrected chi connectivity index (χ0v) is 27.0. The van der Waals surface area contributed by atoms with E-state index in [9.17, 15) is 0 Å². The molecule has 1 atom stereocenters. The van der Waals surface area contributed by atoms with Crippen LogP contribution in [0.5, 0.6) is 0 Å². The lowest BCUT2D eigenvalue weighted by atomic mass is 10.00. The van der Waals surface area contributed by atoms with Crippen molar-refractivity contribution in [3.63, 3.8) is 0 Å². The molecule has 0 amide bonds. The lowest BCUT2D eigenvalue weighted by molar-refractivity contribution is 0.665. The van der Waals surface area contributed by atoms with E-state index in [-0.39, 0.29) is 0 Å². The smallest absolute Gasteiger partial charge is 0.159 e. The molecule has 5 heteroatoms. The molecule has 0 saturated carbocycles. The molecule has 1 N–H and O–H groups in total. The van der Waals surface area contributed by atoms with Crippen molar-refractivity contribution in [2.45, 2.75) is 6.17 Å². The van der Waals surface area contributed by atoms with E-state index in [4.69, 9.17) is 14.4 Å². The second-order valence-electron chi connectivity index (χ2n) is 12.6. The third-order valence-electron chi connectivity index (χ3n) is 9.68. The summed E-state index contributed by atoms with van der Waals surface area (Å²) in [5, 5.41) is 8.36. The first-order chi connectivity index (χ1) is 24.8. The van der Waals surface area contributed by atoms with E-state index in [0.717, 1.165) is 72.3 Å². The number of nitrogens with zero attached hydrogens (tertiary/aromatic N) is 3. The highest BCUT2D eigenvalue weighted by Crippen LogP contribution is 2.38. The van der Waals surface area contributed by atoms with Gasteiger partial charge >= 0.3 is 0 Å². The number of benzene rings is 7. The summed E-state index contributed by atoms with van der Waals surface area (Å²) in [6, 6.07) is 59.2. The van der Waals surface area contributed by atoms with Gasteiger partial charge in [-0.15, -0.1) is 0 Å². The predicted octanol–water partition coefficient (Wildman–Crippen LogP) is 10.8. The maximum Gasteiger partial charge on any atom is 0.159 e. The van der Waals surface area contributed by atoms with Gasteiger partial charge in [-0.2, -0.15) is 0 Å². The molecular formula is C45H30N4O. The second-order valence-corrected chi connectivity index (χ2v) is 12.6. The number of amidine groups is 2. The van der Waals surface area contributed by atoms with Crippen LogP contribution in [-0.4, -0.2) is 16.2 Å². The molecule has 9 aromatic rings. The number of para-hydroxylation sites is 3. The van der Waals surface area contributed by atoms with Gasteiger partial charge in [-0.05, 0) is 47.5 Å². The maximum absolute atomic E-state index is 6.30. The van der Waals surface area contributed by atoms with Gasteiger partial charge in [-0.3, -0.25) is 0 Å². The number of fused-ring (bicyclic) bond motifs is 6. The number of nitrogens with one attached hydrogen (secondary N) is 1. The fourth-order valence-corrected chi connectivity index (χ4v) is 7.31. The van der Waals surface area contributed by atoms with Crippen LogP contribution in [0.1, 0.15) is 22.9 Å². The van der Waals surface area contributed by atoms with Gasteiger partial charge in [0.2, 0.25) is 0 Å². The first-order valence-corrected chi connectivity index (χ1v) is 16.9. The van der Waals surface area contributed by atoms with Crippen LogP contribution in [0.2, 0.25) is 0 Å². The SMILES string of the molecule is c1ccc(C2=NC(c3ccc(-c4ccccc4)cc3-n3c4ccccc4c4ccccc43)NC(c3ccc4c(c3)oc3ccccc34)=N2)cc1. The van der Waals surface area contributed by atoms with Crippen molar-refractivity contribution in [2.75, 3.05) is 0 Å². The summed E-state index contributed by atoms with van der Waals surface area (Å²) in [6.07, 6.45) is -0.427. The highest BCUT2D eigenvalue weighted by atomic mass is 16.3. The summed E-state index contributed by atoms with van der Waals surface area (Å²) < 4.78 is 8.68. The number of aromatic nitrogens is 1. The summed E-state index contributed by atoms with van der Waals surface area (Å²) in [4.78, 5) is 10.4. The van der Waals surface area contributed by atoms with Gasteiger partial charge in [0.1, 0.15) is 23.2 Å². The van der Waals surface area contributed by atoms with E-state index >= 15 is 0 Å². The molecule has 7 aromatic carbocycles. The lowest BCUT2D eigenvalue weighted by Crippen LogP contribution is -2.34. The summed E-state index contributed by atoms with van der Waals surface area (Å²) in [6.45, 7) is 0. The van der Waals surface area contributed by atoms with E-state index < -0.39 is 6.17 Å². The molecule has 1 aliphatic rings. The second kappa shape index (κ2) is 11.5. The lowest BCUT2D eigenvalue weighted by Gasteiger charge is -2.26. The van der Waals surface area contributed by atoms with Crippen molar-refractivity contribution < 1.29 is 4.42 Å². The molecule has 10 rings (SSSR count). The Bertz CT molecular complexity index is 2740. The van der Waals surface area contributed by atoms with Gasteiger partial charge in [0.15, 0.2) is 5.84 Å². The van der Waals surface area contributed by atoms with Crippen LogP contribution >= 0.6 is 0 Å². The summed E-state index contributed by atoms with van der Waals surface area (Å²) >= 11 is 0.